The first-order chi connectivity index (χ1) is 8.88. The second kappa shape index (κ2) is 4.35. The molecule has 3 heterocycles. The summed E-state index contributed by atoms with van der Waals surface area (Å²) in [6, 6.07) is 5.49. The third-order valence-corrected chi connectivity index (χ3v) is 3.12. The lowest BCUT2D eigenvalue weighted by atomic mass is 10.3. The van der Waals surface area contributed by atoms with Gasteiger partial charge < -0.3 is 4.52 Å². The molecule has 0 radical (unpaired) electrons. The summed E-state index contributed by atoms with van der Waals surface area (Å²) in [5.74, 6) is 0.708. The molecule has 3 aromatic heterocycles. The summed E-state index contributed by atoms with van der Waals surface area (Å²) in [4.78, 5) is 12.7. The average molecular weight is 255 g/mol. The highest BCUT2D eigenvalue weighted by molar-refractivity contribution is 7.13. The molecule has 0 spiro atoms. The van der Waals surface area contributed by atoms with Gasteiger partial charge in [-0.25, -0.2) is 9.97 Å². The van der Waals surface area contributed by atoms with Crippen LogP contribution in [-0.2, 0) is 0 Å². The Balaban J connectivity index is 2.03. The first kappa shape index (κ1) is 10.6. The molecule has 0 N–H and O–H groups in total. The fraction of sp³-hybridized carbons (Fsp3) is 0. The van der Waals surface area contributed by atoms with Crippen molar-refractivity contribution in [1.29, 1.82) is 5.26 Å². The first-order valence-corrected chi connectivity index (χ1v) is 5.84. The number of nitrogens with zero attached hydrogens (tertiary/aromatic N) is 5. The molecule has 0 aromatic carbocycles. The highest BCUT2D eigenvalue weighted by atomic mass is 32.1. The molecule has 0 aliphatic rings. The predicted octanol–water partition coefficient (Wildman–Crippen LogP) is 2.13. The number of nitriles is 1. The van der Waals surface area contributed by atoms with Gasteiger partial charge in [-0.1, -0.05) is 5.16 Å². The van der Waals surface area contributed by atoms with E-state index in [1.54, 1.807) is 18.3 Å². The van der Waals surface area contributed by atoms with Crippen molar-refractivity contribution in [2.75, 3.05) is 0 Å². The van der Waals surface area contributed by atoms with Crippen LogP contribution in [0, 0.1) is 11.3 Å². The van der Waals surface area contributed by atoms with Crippen LogP contribution in [0.5, 0.6) is 0 Å². The molecule has 3 aromatic rings. The molecule has 0 aliphatic heterocycles. The minimum absolute atomic E-state index is 0.329. The second-order valence-electron chi connectivity index (χ2n) is 3.29. The second-order valence-corrected chi connectivity index (χ2v) is 4.21. The van der Waals surface area contributed by atoms with E-state index in [0.717, 1.165) is 0 Å². The topological polar surface area (TPSA) is 88.5 Å². The van der Waals surface area contributed by atoms with Crippen molar-refractivity contribution in [2.45, 2.75) is 0 Å². The van der Waals surface area contributed by atoms with Gasteiger partial charge >= 0.3 is 0 Å². The van der Waals surface area contributed by atoms with Crippen LogP contribution >= 0.6 is 11.3 Å². The Bertz CT molecular complexity index is 712. The van der Waals surface area contributed by atoms with Gasteiger partial charge in [-0.15, -0.1) is 11.3 Å². The largest absolute Gasteiger partial charge is 0.333 e. The van der Waals surface area contributed by atoms with Crippen LogP contribution in [-0.4, -0.2) is 20.1 Å². The van der Waals surface area contributed by atoms with E-state index < -0.39 is 0 Å². The average Bonchev–Trinajstić information content (AvgIpc) is 3.08. The molecular weight excluding hydrogens is 250 g/mol. The highest BCUT2D eigenvalue weighted by Gasteiger charge is 2.15. The molecular formula is C11H5N5OS. The van der Waals surface area contributed by atoms with Gasteiger partial charge in [-0.3, -0.25) is 0 Å². The number of aromatic nitrogens is 4. The SMILES string of the molecule is N#Cc1ccsc1-c1nc(-c2ccncn2)no1. The van der Waals surface area contributed by atoms with Crippen LogP contribution < -0.4 is 0 Å². The fourth-order valence-electron chi connectivity index (χ4n) is 1.41. The molecule has 3 rings (SSSR count). The number of thiophene rings is 1. The lowest BCUT2D eigenvalue weighted by Gasteiger charge is -1.89. The predicted molar refractivity (Wildman–Crippen MR) is 63.4 cm³/mol. The zero-order chi connectivity index (χ0) is 12.4. The Hall–Kier alpha value is -2.59. The molecule has 0 bridgehead atoms. The minimum atomic E-state index is 0.329. The first-order valence-electron chi connectivity index (χ1n) is 4.96. The molecule has 0 aliphatic carbocycles. The summed E-state index contributed by atoms with van der Waals surface area (Å²) in [5, 5.41) is 14.6. The lowest BCUT2D eigenvalue weighted by Crippen LogP contribution is -1.85. The quantitative estimate of drug-likeness (QED) is 0.696. The van der Waals surface area contributed by atoms with Gasteiger partial charge in [-0.05, 0) is 17.5 Å². The van der Waals surface area contributed by atoms with Crippen molar-refractivity contribution in [2.24, 2.45) is 0 Å². The fourth-order valence-corrected chi connectivity index (χ4v) is 2.17. The van der Waals surface area contributed by atoms with Crippen LogP contribution in [0.2, 0.25) is 0 Å². The van der Waals surface area contributed by atoms with Crippen LogP contribution in [0.4, 0.5) is 0 Å². The standard InChI is InChI=1S/C11H5N5OS/c12-5-7-2-4-18-9(7)11-15-10(16-17-11)8-1-3-13-6-14-8/h1-4,6H. The third kappa shape index (κ3) is 1.74. The van der Waals surface area contributed by atoms with Crippen molar-refractivity contribution >= 4 is 11.3 Å². The van der Waals surface area contributed by atoms with E-state index in [4.69, 9.17) is 9.78 Å². The zero-order valence-corrected chi connectivity index (χ0v) is 9.76. The van der Waals surface area contributed by atoms with Gasteiger partial charge in [0.05, 0.1) is 5.56 Å². The molecule has 0 saturated carbocycles. The lowest BCUT2D eigenvalue weighted by molar-refractivity contribution is 0.433. The molecule has 18 heavy (non-hydrogen) atoms. The molecule has 0 saturated heterocycles. The van der Waals surface area contributed by atoms with Gasteiger partial charge in [-0.2, -0.15) is 10.2 Å². The number of hydrogen-bond acceptors (Lipinski definition) is 7. The van der Waals surface area contributed by atoms with Crippen LogP contribution in [0.3, 0.4) is 0 Å². The summed E-state index contributed by atoms with van der Waals surface area (Å²) in [7, 11) is 0. The zero-order valence-electron chi connectivity index (χ0n) is 8.94. The van der Waals surface area contributed by atoms with E-state index >= 15 is 0 Å². The van der Waals surface area contributed by atoms with Crippen LogP contribution in [0.1, 0.15) is 5.56 Å². The summed E-state index contributed by atoms with van der Waals surface area (Å²) < 4.78 is 5.14. The summed E-state index contributed by atoms with van der Waals surface area (Å²) in [6.45, 7) is 0. The van der Waals surface area contributed by atoms with Gasteiger partial charge in [0.1, 0.15) is 23.0 Å². The summed E-state index contributed by atoms with van der Waals surface area (Å²) in [5.41, 5.74) is 1.10. The molecule has 0 unspecified atom stereocenters. The highest BCUT2D eigenvalue weighted by Crippen LogP contribution is 2.28. The third-order valence-electron chi connectivity index (χ3n) is 2.22. The maximum absolute atomic E-state index is 8.94. The van der Waals surface area contributed by atoms with Crippen molar-refractivity contribution in [3.63, 3.8) is 0 Å². The molecule has 86 valence electrons. The number of hydrogen-bond donors (Lipinski definition) is 0. The summed E-state index contributed by atoms with van der Waals surface area (Å²) in [6.07, 6.45) is 3.02. The van der Waals surface area contributed by atoms with Gasteiger partial charge in [0.2, 0.25) is 5.82 Å². The smallest absolute Gasteiger partial charge is 0.269 e. The summed E-state index contributed by atoms with van der Waals surface area (Å²) >= 11 is 1.38. The van der Waals surface area contributed by atoms with E-state index in [1.165, 1.54) is 17.7 Å². The Labute approximate surface area is 106 Å². The maximum atomic E-state index is 8.94. The number of rotatable bonds is 2. The molecule has 0 fully saturated rings. The molecule has 7 heteroatoms. The Morgan fingerprint density at radius 2 is 2.28 bits per heavy atom. The Morgan fingerprint density at radius 1 is 1.33 bits per heavy atom. The Morgan fingerprint density at radius 3 is 3.06 bits per heavy atom. The van der Waals surface area contributed by atoms with Crippen molar-refractivity contribution < 1.29 is 4.52 Å². The molecule has 6 nitrogen and oxygen atoms in total. The van der Waals surface area contributed by atoms with Gasteiger partial charge in [0, 0.05) is 6.20 Å². The van der Waals surface area contributed by atoms with Crippen LogP contribution in [0.15, 0.2) is 34.6 Å². The van der Waals surface area contributed by atoms with Crippen molar-refractivity contribution in [3.8, 4) is 28.4 Å². The van der Waals surface area contributed by atoms with Crippen molar-refractivity contribution in [3.05, 3.63) is 35.6 Å². The van der Waals surface area contributed by atoms with Crippen LogP contribution in [0.25, 0.3) is 22.3 Å². The monoisotopic (exact) mass is 255 g/mol. The van der Waals surface area contributed by atoms with Gasteiger partial charge in [0.15, 0.2) is 0 Å². The Kier molecular flexibility index (Phi) is 2.55. The normalized spacial score (nSPS) is 10.2. The minimum Gasteiger partial charge on any atom is -0.333 e. The van der Waals surface area contributed by atoms with Gasteiger partial charge in [0.25, 0.3) is 5.89 Å². The van der Waals surface area contributed by atoms with Crippen molar-refractivity contribution in [1.82, 2.24) is 20.1 Å². The van der Waals surface area contributed by atoms with E-state index in [1.807, 2.05) is 5.38 Å². The van der Waals surface area contributed by atoms with E-state index in [0.29, 0.717) is 27.8 Å². The van der Waals surface area contributed by atoms with E-state index in [-0.39, 0.29) is 0 Å². The molecule has 0 amide bonds. The van der Waals surface area contributed by atoms with E-state index in [2.05, 4.69) is 26.2 Å². The molecule has 0 atom stereocenters. The van der Waals surface area contributed by atoms with E-state index in [9.17, 15) is 0 Å². The maximum Gasteiger partial charge on any atom is 0.269 e.